The number of rotatable bonds is 6. The topological polar surface area (TPSA) is 55.1 Å². The van der Waals surface area contributed by atoms with E-state index in [1.165, 1.54) is 0 Å². The molecule has 0 bridgehead atoms. The molecule has 1 rings (SSSR count). The zero-order valence-electron chi connectivity index (χ0n) is 11.9. The van der Waals surface area contributed by atoms with E-state index < -0.39 is 0 Å². The quantitative estimate of drug-likeness (QED) is 0.843. The van der Waals surface area contributed by atoms with Gasteiger partial charge in [-0.1, -0.05) is 51.1 Å². The summed E-state index contributed by atoms with van der Waals surface area (Å²) in [6.07, 6.45) is 1.91. The number of hydrogen-bond acceptors (Lipinski definition) is 2. The first-order valence-electron chi connectivity index (χ1n) is 6.71. The van der Waals surface area contributed by atoms with Crippen LogP contribution in [0.15, 0.2) is 30.3 Å². The lowest BCUT2D eigenvalue weighted by Crippen LogP contribution is -2.40. The van der Waals surface area contributed by atoms with Gasteiger partial charge in [-0.25, -0.2) is 0 Å². The molecule has 0 fully saturated rings. The summed E-state index contributed by atoms with van der Waals surface area (Å²) < 4.78 is 0. The molecule has 19 heavy (non-hydrogen) atoms. The lowest BCUT2D eigenvalue weighted by Gasteiger charge is -2.23. The van der Waals surface area contributed by atoms with E-state index in [4.69, 9.17) is 5.73 Å². The number of nitrogens with two attached hydrogens (primary N) is 1. The van der Waals surface area contributed by atoms with Crippen molar-refractivity contribution in [2.24, 2.45) is 11.7 Å². The lowest BCUT2D eigenvalue weighted by molar-refractivity contribution is -0.125. The van der Waals surface area contributed by atoms with Crippen molar-refractivity contribution in [3.05, 3.63) is 35.9 Å². The van der Waals surface area contributed by atoms with Crippen LogP contribution in [0.2, 0.25) is 0 Å². The second-order valence-electron chi connectivity index (χ2n) is 4.75. The molecule has 0 saturated carbocycles. The maximum absolute atomic E-state index is 12.1. The highest BCUT2D eigenvalue weighted by Gasteiger charge is 2.23. The van der Waals surface area contributed by atoms with Crippen LogP contribution in [0.1, 0.15) is 45.2 Å². The predicted octanol–water partition coefficient (Wildman–Crippen LogP) is 3.05. The SMILES string of the molecule is CCC(CC)NC(=O)C(C)C(N)c1ccccc1.Cl. The molecule has 0 aliphatic rings. The van der Waals surface area contributed by atoms with Gasteiger partial charge in [0.05, 0.1) is 5.92 Å². The van der Waals surface area contributed by atoms with Gasteiger partial charge in [0, 0.05) is 12.1 Å². The van der Waals surface area contributed by atoms with Gasteiger partial charge in [-0.05, 0) is 18.4 Å². The molecule has 0 aliphatic carbocycles. The zero-order chi connectivity index (χ0) is 13.5. The van der Waals surface area contributed by atoms with E-state index in [2.05, 4.69) is 19.2 Å². The fourth-order valence-electron chi connectivity index (χ4n) is 1.95. The Bertz CT molecular complexity index is 366. The summed E-state index contributed by atoms with van der Waals surface area (Å²) in [5.74, 6) is -0.173. The van der Waals surface area contributed by atoms with E-state index in [1.807, 2.05) is 37.3 Å². The Morgan fingerprint density at radius 1 is 1.21 bits per heavy atom. The number of carbonyl (C=O) groups excluding carboxylic acids is 1. The van der Waals surface area contributed by atoms with Crippen molar-refractivity contribution in [2.45, 2.75) is 45.7 Å². The van der Waals surface area contributed by atoms with Crippen molar-refractivity contribution in [2.75, 3.05) is 0 Å². The van der Waals surface area contributed by atoms with Gasteiger partial charge in [-0.2, -0.15) is 0 Å². The van der Waals surface area contributed by atoms with E-state index in [9.17, 15) is 4.79 Å². The van der Waals surface area contributed by atoms with Crippen molar-refractivity contribution in [1.82, 2.24) is 5.32 Å². The van der Waals surface area contributed by atoms with Gasteiger partial charge >= 0.3 is 0 Å². The van der Waals surface area contributed by atoms with Gasteiger partial charge in [0.1, 0.15) is 0 Å². The number of nitrogens with one attached hydrogen (secondary N) is 1. The Hall–Kier alpha value is -1.06. The van der Waals surface area contributed by atoms with Crippen LogP contribution in [0.25, 0.3) is 0 Å². The molecule has 0 saturated heterocycles. The number of hydrogen-bond donors (Lipinski definition) is 2. The number of benzene rings is 1. The van der Waals surface area contributed by atoms with E-state index in [0.717, 1.165) is 18.4 Å². The fourth-order valence-corrected chi connectivity index (χ4v) is 1.95. The Kier molecular flexibility index (Phi) is 8.44. The Labute approximate surface area is 122 Å². The summed E-state index contributed by atoms with van der Waals surface area (Å²) in [5.41, 5.74) is 7.14. The first-order chi connectivity index (χ1) is 8.60. The number of amides is 1. The molecule has 0 aromatic heterocycles. The average molecular weight is 285 g/mol. The van der Waals surface area contributed by atoms with Crippen LogP contribution >= 0.6 is 12.4 Å². The van der Waals surface area contributed by atoms with Crippen LogP contribution in [0.3, 0.4) is 0 Å². The molecule has 1 aromatic rings. The van der Waals surface area contributed by atoms with Crippen molar-refractivity contribution < 1.29 is 4.79 Å². The Balaban J connectivity index is 0.00000324. The first-order valence-corrected chi connectivity index (χ1v) is 6.71. The average Bonchev–Trinajstić information content (AvgIpc) is 2.43. The molecule has 0 radical (unpaired) electrons. The third-order valence-corrected chi connectivity index (χ3v) is 3.47. The molecule has 1 amide bonds. The largest absolute Gasteiger partial charge is 0.353 e. The van der Waals surface area contributed by atoms with Crippen LogP contribution in [-0.4, -0.2) is 11.9 Å². The molecule has 0 spiro atoms. The summed E-state index contributed by atoms with van der Waals surface area (Å²) in [4.78, 5) is 12.1. The number of halogens is 1. The lowest BCUT2D eigenvalue weighted by atomic mass is 9.94. The van der Waals surface area contributed by atoms with E-state index >= 15 is 0 Å². The van der Waals surface area contributed by atoms with Gasteiger partial charge in [-0.15, -0.1) is 12.4 Å². The highest BCUT2D eigenvalue weighted by molar-refractivity contribution is 5.85. The Morgan fingerprint density at radius 2 is 1.74 bits per heavy atom. The predicted molar refractivity (Wildman–Crippen MR) is 82.3 cm³/mol. The van der Waals surface area contributed by atoms with Crippen LogP contribution in [0.4, 0.5) is 0 Å². The second-order valence-corrected chi connectivity index (χ2v) is 4.75. The maximum Gasteiger partial charge on any atom is 0.224 e. The van der Waals surface area contributed by atoms with Crippen molar-refractivity contribution in [3.63, 3.8) is 0 Å². The van der Waals surface area contributed by atoms with Gasteiger partial charge in [-0.3, -0.25) is 4.79 Å². The van der Waals surface area contributed by atoms with E-state index in [1.54, 1.807) is 0 Å². The molecule has 2 unspecified atom stereocenters. The Morgan fingerprint density at radius 3 is 2.21 bits per heavy atom. The molecule has 4 heteroatoms. The highest BCUT2D eigenvalue weighted by Crippen LogP contribution is 2.19. The molecule has 0 aliphatic heterocycles. The van der Waals surface area contributed by atoms with Crippen molar-refractivity contribution in [1.29, 1.82) is 0 Å². The minimum atomic E-state index is -0.249. The van der Waals surface area contributed by atoms with Crippen LogP contribution < -0.4 is 11.1 Å². The second kappa shape index (κ2) is 8.94. The summed E-state index contributed by atoms with van der Waals surface area (Å²) >= 11 is 0. The summed E-state index contributed by atoms with van der Waals surface area (Å²) in [5, 5.41) is 3.05. The molecular weight excluding hydrogens is 260 g/mol. The highest BCUT2D eigenvalue weighted by atomic mass is 35.5. The van der Waals surface area contributed by atoms with Gasteiger partial charge in [0.15, 0.2) is 0 Å². The normalized spacial score (nSPS) is 13.5. The van der Waals surface area contributed by atoms with Crippen LogP contribution in [0.5, 0.6) is 0 Å². The van der Waals surface area contributed by atoms with Gasteiger partial charge in [0.2, 0.25) is 5.91 Å². The van der Waals surface area contributed by atoms with Crippen molar-refractivity contribution >= 4 is 18.3 Å². The molecule has 2 atom stereocenters. The summed E-state index contributed by atoms with van der Waals surface area (Å²) in [6, 6.07) is 9.77. The molecule has 3 nitrogen and oxygen atoms in total. The van der Waals surface area contributed by atoms with E-state index in [-0.39, 0.29) is 36.3 Å². The monoisotopic (exact) mass is 284 g/mol. The zero-order valence-corrected chi connectivity index (χ0v) is 12.7. The van der Waals surface area contributed by atoms with Gasteiger partial charge in [0.25, 0.3) is 0 Å². The first kappa shape index (κ1) is 17.9. The molecule has 0 heterocycles. The van der Waals surface area contributed by atoms with Crippen molar-refractivity contribution in [3.8, 4) is 0 Å². The maximum atomic E-state index is 12.1. The molecular formula is C15H25ClN2O. The number of carbonyl (C=O) groups is 1. The molecule has 1 aromatic carbocycles. The fraction of sp³-hybridized carbons (Fsp3) is 0.533. The third-order valence-electron chi connectivity index (χ3n) is 3.47. The standard InChI is InChI=1S/C15H24N2O.ClH/c1-4-13(5-2)17-15(18)11(3)14(16)12-9-7-6-8-10-12;/h6-11,13-14H,4-5,16H2,1-3H3,(H,17,18);1H. The molecule has 108 valence electrons. The van der Waals surface area contributed by atoms with Crippen LogP contribution in [0, 0.1) is 5.92 Å². The molecule has 3 N–H and O–H groups in total. The van der Waals surface area contributed by atoms with Gasteiger partial charge < -0.3 is 11.1 Å². The minimum absolute atomic E-state index is 0. The van der Waals surface area contributed by atoms with E-state index in [0.29, 0.717) is 0 Å². The van der Waals surface area contributed by atoms with Crippen LogP contribution in [-0.2, 0) is 4.79 Å². The summed E-state index contributed by atoms with van der Waals surface area (Å²) in [7, 11) is 0. The third kappa shape index (κ3) is 5.21. The minimum Gasteiger partial charge on any atom is -0.353 e. The summed E-state index contributed by atoms with van der Waals surface area (Å²) in [6.45, 7) is 6.04. The smallest absolute Gasteiger partial charge is 0.224 e.